The van der Waals surface area contributed by atoms with Crippen LogP contribution < -0.4 is 5.32 Å². The van der Waals surface area contributed by atoms with Crippen LogP contribution in [0.1, 0.15) is 29.8 Å². The standard InChI is InChI=1S/C19H18N2O6/c1-12(22)14-7-9-16(10-8-14)20-19(24)13(2)27-18(23)11-15-5-3-4-6-17(15)21(25)26/h3-10,13H,11H2,1-2H3,(H,20,24)/t13-/m0/s1. The number of nitro benzene ring substituents is 1. The number of ketones is 1. The molecule has 1 amide bonds. The van der Waals surface area contributed by atoms with Gasteiger partial charge in [-0.3, -0.25) is 24.5 Å². The Morgan fingerprint density at radius 3 is 2.33 bits per heavy atom. The van der Waals surface area contributed by atoms with E-state index in [0.29, 0.717) is 11.3 Å². The third kappa shape index (κ3) is 5.46. The van der Waals surface area contributed by atoms with Crippen LogP contribution in [0, 0.1) is 10.1 Å². The van der Waals surface area contributed by atoms with Crippen LogP contribution in [-0.4, -0.2) is 28.7 Å². The monoisotopic (exact) mass is 370 g/mol. The molecule has 0 saturated carbocycles. The first-order chi connectivity index (χ1) is 12.8. The quantitative estimate of drug-likeness (QED) is 0.347. The summed E-state index contributed by atoms with van der Waals surface area (Å²) in [6.07, 6.45) is -1.41. The average Bonchev–Trinajstić information content (AvgIpc) is 2.62. The fraction of sp³-hybridized carbons (Fsp3) is 0.211. The highest BCUT2D eigenvalue weighted by Crippen LogP contribution is 2.19. The molecule has 1 N–H and O–H groups in total. The van der Waals surface area contributed by atoms with Crippen molar-refractivity contribution in [3.05, 3.63) is 69.8 Å². The average molecular weight is 370 g/mol. The van der Waals surface area contributed by atoms with Gasteiger partial charge in [0.05, 0.1) is 11.3 Å². The number of anilines is 1. The summed E-state index contributed by atoms with van der Waals surface area (Å²) in [6.45, 7) is 2.84. The molecule has 0 heterocycles. The van der Waals surface area contributed by atoms with Gasteiger partial charge in [0.25, 0.3) is 11.6 Å². The zero-order chi connectivity index (χ0) is 20.0. The van der Waals surface area contributed by atoms with E-state index in [9.17, 15) is 24.5 Å². The third-order valence-corrected chi connectivity index (χ3v) is 3.76. The summed E-state index contributed by atoms with van der Waals surface area (Å²) in [6, 6.07) is 12.1. The number of hydrogen-bond acceptors (Lipinski definition) is 6. The molecule has 2 aromatic carbocycles. The van der Waals surface area contributed by atoms with Crippen LogP contribution >= 0.6 is 0 Å². The number of nitrogens with zero attached hydrogens (tertiary/aromatic N) is 1. The highest BCUT2D eigenvalue weighted by Gasteiger charge is 2.21. The third-order valence-electron chi connectivity index (χ3n) is 3.76. The molecule has 0 spiro atoms. The Morgan fingerprint density at radius 1 is 1.11 bits per heavy atom. The molecule has 0 saturated heterocycles. The Kier molecular flexibility index (Phi) is 6.37. The lowest BCUT2D eigenvalue weighted by atomic mass is 10.1. The van der Waals surface area contributed by atoms with E-state index in [1.807, 2.05) is 0 Å². The lowest BCUT2D eigenvalue weighted by Gasteiger charge is -2.14. The second kappa shape index (κ2) is 8.70. The summed E-state index contributed by atoms with van der Waals surface area (Å²) < 4.78 is 5.06. The number of nitrogens with one attached hydrogen (secondary N) is 1. The van der Waals surface area contributed by atoms with Crippen LogP contribution in [0.2, 0.25) is 0 Å². The van der Waals surface area contributed by atoms with Crippen molar-refractivity contribution in [3.8, 4) is 0 Å². The molecule has 8 heteroatoms. The van der Waals surface area contributed by atoms with Gasteiger partial charge in [-0.25, -0.2) is 0 Å². The molecule has 0 bridgehead atoms. The normalized spacial score (nSPS) is 11.3. The van der Waals surface area contributed by atoms with Gasteiger partial charge in [0.2, 0.25) is 0 Å². The highest BCUT2D eigenvalue weighted by atomic mass is 16.6. The molecule has 0 unspecified atom stereocenters. The number of carbonyl (C=O) groups excluding carboxylic acids is 3. The molecule has 0 aliphatic rings. The Balaban J connectivity index is 1.94. The number of nitro groups is 1. The summed E-state index contributed by atoms with van der Waals surface area (Å²) in [5.41, 5.74) is 0.987. The fourth-order valence-electron chi connectivity index (χ4n) is 2.32. The van der Waals surface area contributed by atoms with E-state index in [2.05, 4.69) is 5.32 Å². The van der Waals surface area contributed by atoms with Crippen LogP contribution in [0.15, 0.2) is 48.5 Å². The van der Waals surface area contributed by atoms with Gasteiger partial charge in [-0.1, -0.05) is 18.2 Å². The number of amides is 1. The summed E-state index contributed by atoms with van der Waals surface area (Å²) in [5.74, 6) is -1.40. The largest absolute Gasteiger partial charge is 0.452 e. The molecule has 140 valence electrons. The van der Waals surface area contributed by atoms with Crippen molar-refractivity contribution < 1.29 is 24.0 Å². The maximum atomic E-state index is 12.1. The van der Waals surface area contributed by atoms with Gasteiger partial charge in [0.1, 0.15) is 0 Å². The SMILES string of the molecule is CC(=O)c1ccc(NC(=O)[C@H](C)OC(=O)Cc2ccccc2[N+](=O)[O-])cc1. The van der Waals surface area contributed by atoms with Crippen molar-refractivity contribution >= 4 is 29.0 Å². The summed E-state index contributed by atoms with van der Waals surface area (Å²) in [7, 11) is 0. The highest BCUT2D eigenvalue weighted by molar-refractivity contribution is 5.97. The van der Waals surface area contributed by atoms with E-state index in [4.69, 9.17) is 4.74 Å². The van der Waals surface area contributed by atoms with E-state index in [1.54, 1.807) is 30.3 Å². The lowest BCUT2D eigenvalue weighted by Crippen LogP contribution is -2.30. The van der Waals surface area contributed by atoms with Gasteiger partial charge < -0.3 is 10.1 Å². The van der Waals surface area contributed by atoms with Gasteiger partial charge in [-0.15, -0.1) is 0 Å². The van der Waals surface area contributed by atoms with Gasteiger partial charge >= 0.3 is 5.97 Å². The van der Waals surface area contributed by atoms with Gasteiger partial charge in [-0.05, 0) is 38.1 Å². The van der Waals surface area contributed by atoms with Gasteiger partial charge in [-0.2, -0.15) is 0 Å². The van der Waals surface area contributed by atoms with Gasteiger partial charge in [0.15, 0.2) is 11.9 Å². The van der Waals surface area contributed by atoms with Crippen molar-refractivity contribution in [1.82, 2.24) is 0 Å². The van der Waals surface area contributed by atoms with E-state index in [0.717, 1.165) is 0 Å². The van der Waals surface area contributed by atoms with Crippen LogP contribution in [-0.2, 0) is 20.7 Å². The number of benzene rings is 2. The molecular weight excluding hydrogens is 352 g/mol. The van der Waals surface area contributed by atoms with E-state index >= 15 is 0 Å². The van der Waals surface area contributed by atoms with Crippen LogP contribution in [0.4, 0.5) is 11.4 Å². The van der Waals surface area contributed by atoms with E-state index in [-0.39, 0.29) is 23.5 Å². The second-order valence-corrected chi connectivity index (χ2v) is 5.82. The topological polar surface area (TPSA) is 116 Å². The minimum atomic E-state index is -1.09. The molecule has 2 aromatic rings. The molecule has 2 rings (SSSR count). The van der Waals surface area contributed by atoms with Crippen LogP contribution in [0.3, 0.4) is 0 Å². The minimum absolute atomic E-state index is 0.0924. The van der Waals surface area contributed by atoms with Crippen molar-refractivity contribution in [3.63, 3.8) is 0 Å². The van der Waals surface area contributed by atoms with Crippen molar-refractivity contribution in [2.45, 2.75) is 26.4 Å². The van der Waals surface area contributed by atoms with Crippen molar-refractivity contribution in [2.75, 3.05) is 5.32 Å². The number of rotatable bonds is 7. The zero-order valence-electron chi connectivity index (χ0n) is 14.8. The molecule has 0 fully saturated rings. The molecule has 0 radical (unpaired) electrons. The summed E-state index contributed by atoms with van der Waals surface area (Å²) >= 11 is 0. The first-order valence-electron chi connectivity index (χ1n) is 8.11. The second-order valence-electron chi connectivity index (χ2n) is 5.82. The summed E-state index contributed by atoms with van der Waals surface area (Å²) in [5, 5.41) is 13.5. The Morgan fingerprint density at radius 2 is 1.74 bits per heavy atom. The summed E-state index contributed by atoms with van der Waals surface area (Å²) in [4.78, 5) is 45.8. The fourth-order valence-corrected chi connectivity index (χ4v) is 2.32. The van der Waals surface area contributed by atoms with Crippen LogP contribution in [0.5, 0.6) is 0 Å². The van der Waals surface area contributed by atoms with Crippen molar-refractivity contribution in [1.29, 1.82) is 0 Å². The smallest absolute Gasteiger partial charge is 0.311 e. The molecule has 1 atom stereocenters. The van der Waals surface area contributed by atoms with Gasteiger partial charge in [0, 0.05) is 22.9 Å². The molecule has 0 aliphatic carbocycles. The van der Waals surface area contributed by atoms with E-state index in [1.165, 1.54) is 32.0 Å². The predicted molar refractivity (Wildman–Crippen MR) is 97.4 cm³/mol. The molecular formula is C19H18N2O6. The Bertz CT molecular complexity index is 876. The van der Waals surface area contributed by atoms with Crippen LogP contribution in [0.25, 0.3) is 0 Å². The number of carbonyl (C=O) groups is 3. The molecule has 8 nitrogen and oxygen atoms in total. The maximum absolute atomic E-state index is 12.1. The predicted octanol–water partition coefficient (Wildman–Crippen LogP) is 2.91. The number of Topliss-reactive ketones (excluding diaryl/α,β-unsaturated/α-hetero) is 1. The maximum Gasteiger partial charge on any atom is 0.311 e. The molecule has 0 aliphatic heterocycles. The van der Waals surface area contributed by atoms with E-state index < -0.39 is 22.9 Å². The number of esters is 1. The molecule has 0 aromatic heterocycles. The van der Waals surface area contributed by atoms with Crippen molar-refractivity contribution in [2.24, 2.45) is 0 Å². The minimum Gasteiger partial charge on any atom is -0.452 e. The zero-order valence-corrected chi connectivity index (χ0v) is 14.8. The number of hydrogen-bond donors (Lipinski definition) is 1. The Labute approximate surface area is 155 Å². The Hall–Kier alpha value is -3.55. The lowest BCUT2D eigenvalue weighted by molar-refractivity contribution is -0.385. The molecule has 27 heavy (non-hydrogen) atoms. The number of para-hydroxylation sites is 1. The first-order valence-corrected chi connectivity index (χ1v) is 8.11. The first kappa shape index (κ1) is 19.8. The number of ether oxygens (including phenoxy) is 1.